The van der Waals surface area contributed by atoms with E-state index in [4.69, 9.17) is 14.2 Å². The number of fused-ring (bicyclic) bond motifs is 1. The van der Waals surface area contributed by atoms with E-state index in [0.717, 1.165) is 16.9 Å². The van der Waals surface area contributed by atoms with Gasteiger partial charge in [0, 0.05) is 37.6 Å². The zero-order valence-electron chi connectivity index (χ0n) is 16.5. The Labute approximate surface area is 165 Å². The molecule has 2 aromatic carbocycles. The number of hydrogen-bond donors (Lipinski definition) is 0. The summed E-state index contributed by atoms with van der Waals surface area (Å²) < 4.78 is 16.3. The number of aryl methyl sites for hydroxylation is 1. The van der Waals surface area contributed by atoms with Gasteiger partial charge < -0.3 is 19.1 Å². The summed E-state index contributed by atoms with van der Waals surface area (Å²) in [6, 6.07) is 11.0. The van der Waals surface area contributed by atoms with Gasteiger partial charge in [-0.15, -0.1) is 0 Å². The summed E-state index contributed by atoms with van der Waals surface area (Å²) in [4.78, 5) is 26.6. The lowest BCUT2D eigenvalue weighted by atomic mass is 10.0. The summed E-state index contributed by atoms with van der Waals surface area (Å²) in [6.45, 7) is 3.40. The molecule has 3 rings (SSSR count). The molecule has 148 valence electrons. The second-order valence-electron chi connectivity index (χ2n) is 6.85. The minimum Gasteiger partial charge on any atom is -0.496 e. The summed E-state index contributed by atoms with van der Waals surface area (Å²) in [7, 11) is 3.35. The summed E-state index contributed by atoms with van der Waals surface area (Å²) in [5, 5.41) is 0. The molecule has 6 heteroatoms. The second kappa shape index (κ2) is 8.78. The van der Waals surface area contributed by atoms with Gasteiger partial charge in [0.2, 0.25) is 5.91 Å². The molecule has 1 heterocycles. The summed E-state index contributed by atoms with van der Waals surface area (Å²) >= 11 is 0. The van der Waals surface area contributed by atoms with Crippen molar-refractivity contribution in [3.05, 3.63) is 53.1 Å². The molecule has 0 aromatic heterocycles. The zero-order chi connectivity index (χ0) is 20.1. The quantitative estimate of drug-likeness (QED) is 0.686. The summed E-state index contributed by atoms with van der Waals surface area (Å²) in [6.07, 6.45) is 0.297. The number of carbonyl (C=O) groups excluding carboxylic acids is 2. The minimum atomic E-state index is -0.0909. The second-order valence-corrected chi connectivity index (χ2v) is 6.85. The number of hydrogen-bond acceptors (Lipinski definition) is 5. The highest BCUT2D eigenvalue weighted by Crippen LogP contribution is 2.31. The van der Waals surface area contributed by atoms with Gasteiger partial charge in [-0.3, -0.25) is 9.59 Å². The first kappa shape index (κ1) is 19.7. The van der Waals surface area contributed by atoms with Crippen molar-refractivity contribution in [1.82, 2.24) is 4.90 Å². The molecule has 0 saturated heterocycles. The Morgan fingerprint density at radius 3 is 2.54 bits per heavy atom. The fraction of sp³-hybridized carbons (Fsp3) is 0.364. The van der Waals surface area contributed by atoms with E-state index in [9.17, 15) is 9.59 Å². The highest BCUT2D eigenvalue weighted by molar-refractivity contribution is 5.98. The number of ketones is 1. The number of amides is 1. The number of rotatable bonds is 7. The van der Waals surface area contributed by atoms with Crippen molar-refractivity contribution in [2.75, 3.05) is 27.4 Å². The maximum absolute atomic E-state index is 12.5. The van der Waals surface area contributed by atoms with Gasteiger partial charge in [0.25, 0.3) is 0 Å². The van der Waals surface area contributed by atoms with Crippen LogP contribution in [0.5, 0.6) is 17.2 Å². The minimum absolute atomic E-state index is 0.0885. The van der Waals surface area contributed by atoms with Crippen molar-refractivity contribution >= 4 is 11.7 Å². The van der Waals surface area contributed by atoms with Crippen molar-refractivity contribution in [3.8, 4) is 17.2 Å². The molecule has 0 N–H and O–H groups in total. The SMILES string of the molecule is COc1ccc(C)cc1CN(C)C(=O)CCC(=O)c1ccc2c(c1)OCCO2. The van der Waals surface area contributed by atoms with Crippen LogP contribution < -0.4 is 14.2 Å². The van der Waals surface area contributed by atoms with Crippen LogP contribution in [0.1, 0.15) is 34.3 Å². The van der Waals surface area contributed by atoms with Gasteiger partial charge >= 0.3 is 0 Å². The average Bonchev–Trinajstić information content (AvgIpc) is 2.71. The number of Topliss-reactive ketones (excluding diaryl/α,β-unsaturated/α-hetero) is 1. The number of carbonyl (C=O) groups is 2. The van der Waals surface area contributed by atoms with Crippen molar-refractivity contribution in [2.24, 2.45) is 0 Å². The lowest BCUT2D eigenvalue weighted by Gasteiger charge is -2.20. The smallest absolute Gasteiger partial charge is 0.223 e. The number of ether oxygens (including phenoxy) is 3. The van der Waals surface area contributed by atoms with Gasteiger partial charge in [-0.25, -0.2) is 0 Å². The zero-order valence-corrected chi connectivity index (χ0v) is 16.5. The number of nitrogens with zero attached hydrogens (tertiary/aromatic N) is 1. The van der Waals surface area contributed by atoms with Crippen molar-refractivity contribution in [2.45, 2.75) is 26.3 Å². The van der Waals surface area contributed by atoms with Gasteiger partial charge in [0.15, 0.2) is 17.3 Å². The van der Waals surface area contributed by atoms with E-state index in [0.29, 0.717) is 36.8 Å². The Balaban J connectivity index is 1.57. The highest BCUT2D eigenvalue weighted by atomic mass is 16.6. The molecule has 6 nitrogen and oxygen atoms in total. The van der Waals surface area contributed by atoms with Crippen LogP contribution in [0, 0.1) is 6.92 Å². The molecule has 0 atom stereocenters. The van der Waals surface area contributed by atoms with Crippen LogP contribution in [0.2, 0.25) is 0 Å². The van der Waals surface area contributed by atoms with Gasteiger partial charge in [-0.1, -0.05) is 17.7 Å². The normalized spacial score (nSPS) is 12.4. The molecule has 0 fully saturated rings. The average molecular weight is 383 g/mol. The van der Waals surface area contributed by atoms with Crippen molar-refractivity contribution in [1.29, 1.82) is 0 Å². The molecule has 1 aliphatic rings. The van der Waals surface area contributed by atoms with Crippen LogP contribution in [-0.4, -0.2) is 44.0 Å². The summed E-state index contributed by atoms with van der Waals surface area (Å²) in [5.74, 6) is 1.79. The molecule has 0 radical (unpaired) electrons. The fourth-order valence-electron chi connectivity index (χ4n) is 3.15. The molecular weight excluding hydrogens is 358 g/mol. The Kier molecular flexibility index (Phi) is 6.19. The Morgan fingerprint density at radius 1 is 1.04 bits per heavy atom. The number of benzene rings is 2. The molecule has 0 aliphatic carbocycles. The van der Waals surface area contributed by atoms with Crippen LogP contribution in [0.4, 0.5) is 0 Å². The van der Waals surface area contributed by atoms with Gasteiger partial charge in [-0.05, 0) is 31.2 Å². The van der Waals surface area contributed by atoms with Crippen molar-refractivity contribution in [3.63, 3.8) is 0 Å². The predicted octanol–water partition coefficient (Wildman–Crippen LogP) is 3.40. The van der Waals surface area contributed by atoms with E-state index in [2.05, 4.69) is 0 Å². The highest BCUT2D eigenvalue weighted by Gasteiger charge is 2.17. The third kappa shape index (κ3) is 4.63. The van der Waals surface area contributed by atoms with E-state index in [-0.39, 0.29) is 24.5 Å². The van der Waals surface area contributed by atoms with Gasteiger partial charge in [0.1, 0.15) is 19.0 Å². The van der Waals surface area contributed by atoms with Crippen LogP contribution in [0.25, 0.3) is 0 Å². The third-order valence-corrected chi connectivity index (χ3v) is 4.70. The van der Waals surface area contributed by atoms with Gasteiger partial charge in [-0.2, -0.15) is 0 Å². The Bertz CT molecular complexity index is 877. The van der Waals surface area contributed by atoms with Crippen LogP contribution in [0.15, 0.2) is 36.4 Å². The molecule has 2 aromatic rings. The topological polar surface area (TPSA) is 65.1 Å². The lowest BCUT2D eigenvalue weighted by Crippen LogP contribution is -2.26. The van der Waals surface area contributed by atoms with E-state index in [1.807, 2.05) is 25.1 Å². The maximum atomic E-state index is 12.5. The standard InChI is InChI=1S/C22H25NO5/c1-15-4-7-19(26-3)17(12-15)14-23(2)22(25)9-6-18(24)16-5-8-20-21(13-16)28-11-10-27-20/h4-5,7-8,12-13H,6,9-11,14H2,1-3H3. The van der Waals surface area contributed by atoms with E-state index < -0.39 is 0 Å². The molecule has 0 saturated carbocycles. The molecular formula is C22H25NO5. The fourth-order valence-corrected chi connectivity index (χ4v) is 3.15. The molecule has 28 heavy (non-hydrogen) atoms. The van der Waals surface area contributed by atoms with Crippen LogP contribution in [0.3, 0.4) is 0 Å². The third-order valence-electron chi connectivity index (χ3n) is 4.70. The Hall–Kier alpha value is -3.02. The first-order chi connectivity index (χ1) is 13.5. The largest absolute Gasteiger partial charge is 0.496 e. The molecule has 0 bridgehead atoms. The molecule has 0 spiro atoms. The molecule has 1 aliphatic heterocycles. The Morgan fingerprint density at radius 2 is 1.79 bits per heavy atom. The molecule has 1 amide bonds. The van der Waals surface area contributed by atoms with Crippen LogP contribution in [-0.2, 0) is 11.3 Å². The van der Waals surface area contributed by atoms with E-state index >= 15 is 0 Å². The van der Waals surface area contributed by atoms with Crippen LogP contribution >= 0.6 is 0 Å². The lowest BCUT2D eigenvalue weighted by molar-refractivity contribution is -0.130. The maximum Gasteiger partial charge on any atom is 0.223 e. The first-order valence-electron chi connectivity index (χ1n) is 9.28. The monoisotopic (exact) mass is 383 g/mol. The summed E-state index contributed by atoms with van der Waals surface area (Å²) in [5.41, 5.74) is 2.57. The number of methoxy groups -OCH3 is 1. The van der Waals surface area contributed by atoms with Gasteiger partial charge in [0.05, 0.1) is 7.11 Å². The first-order valence-corrected chi connectivity index (χ1v) is 9.28. The van der Waals surface area contributed by atoms with E-state index in [1.165, 1.54) is 0 Å². The molecule has 0 unspecified atom stereocenters. The van der Waals surface area contributed by atoms with E-state index in [1.54, 1.807) is 37.3 Å². The van der Waals surface area contributed by atoms with Crippen molar-refractivity contribution < 1.29 is 23.8 Å². The predicted molar refractivity (Wildman–Crippen MR) is 105 cm³/mol.